The summed E-state index contributed by atoms with van der Waals surface area (Å²) in [6.45, 7) is 1.41. The van der Waals surface area contributed by atoms with Gasteiger partial charge in [0.1, 0.15) is 5.41 Å². The van der Waals surface area contributed by atoms with Crippen LogP contribution in [-0.4, -0.2) is 24.5 Å². The highest BCUT2D eigenvalue weighted by Gasteiger charge is 2.48. The molecule has 0 aliphatic carbocycles. The molecular formula is C12H19FN2O3. The summed E-state index contributed by atoms with van der Waals surface area (Å²) in [4.78, 5) is 34.7. The Balaban J connectivity index is 2.58. The number of urea groups is 1. The van der Waals surface area contributed by atoms with Gasteiger partial charge in [0, 0.05) is 0 Å². The van der Waals surface area contributed by atoms with Crippen LogP contribution in [-0.2, 0) is 9.59 Å². The Bertz CT molecular complexity index is 324. The molecule has 0 aromatic heterocycles. The van der Waals surface area contributed by atoms with Crippen molar-refractivity contribution < 1.29 is 18.8 Å². The molecule has 0 unspecified atom stereocenters. The zero-order valence-electron chi connectivity index (χ0n) is 10.6. The number of amides is 4. The summed E-state index contributed by atoms with van der Waals surface area (Å²) in [5.74, 6) is -1.05. The van der Waals surface area contributed by atoms with Gasteiger partial charge in [0.15, 0.2) is 0 Å². The van der Waals surface area contributed by atoms with Crippen molar-refractivity contribution >= 4 is 17.8 Å². The Morgan fingerprint density at radius 3 is 2.06 bits per heavy atom. The standard InChI is InChI=1S/C12H19FN2O3/c1-2-12(7-5-3-4-6-8-13)9(16)14-11(18)15-10(12)17/h2-8H2,1H3,(H2,14,15,16,17,18). The highest BCUT2D eigenvalue weighted by Crippen LogP contribution is 2.31. The first-order valence-corrected chi connectivity index (χ1v) is 6.29. The van der Waals surface area contributed by atoms with E-state index >= 15 is 0 Å². The molecule has 0 spiro atoms. The van der Waals surface area contributed by atoms with Crippen molar-refractivity contribution in [2.75, 3.05) is 6.67 Å². The van der Waals surface area contributed by atoms with E-state index in [1.165, 1.54) is 0 Å². The molecule has 6 heteroatoms. The minimum absolute atomic E-state index is 0.339. The molecule has 18 heavy (non-hydrogen) atoms. The molecule has 1 aliphatic rings. The molecule has 0 aromatic carbocycles. The molecule has 2 N–H and O–H groups in total. The number of rotatable bonds is 7. The average Bonchev–Trinajstić information content (AvgIpc) is 2.32. The summed E-state index contributed by atoms with van der Waals surface area (Å²) in [6.07, 6.45) is 3.44. The van der Waals surface area contributed by atoms with Crippen LogP contribution in [0.25, 0.3) is 0 Å². The number of hydrogen-bond donors (Lipinski definition) is 2. The second kappa shape index (κ2) is 6.47. The predicted molar refractivity (Wildman–Crippen MR) is 63.5 cm³/mol. The summed E-state index contributed by atoms with van der Waals surface area (Å²) >= 11 is 0. The zero-order valence-corrected chi connectivity index (χ0v) is 10.6. The van der Waals surface area contributed by atoms with Crippen LogP contribution >= 0.6 is 0 Å². The molecule has 4 amide bonds. The van der Waals surface area contributed by atoms with E-state index in [0.29, 0.717) is 25.7 Å². The number of unbranched alkanes of at least 4 members (excludes halogenated alkanes) is 3. The maximum Gasteiger partial charge on any atom is 0.328 e. The van der Waals surface area contributed by atoms with Crippen LogP contribution in [0.15, 0.2) is 0 Å². The molecule has 1 rings (SSSR count). The van der Waals surface area contributed by atoms with Gasteiger partial charge >= 0.3 is 6.03 Å². The van der Waals surface area contributed by atoms with Crippen molar-refractivity contribution in [2.45, 2.75) is 45.4 Å². The van der Waals surface area contributed by atoms with Crippen LogP contribution in [0.2, 0.25) is 0 Å². The number of carbonyl (C=O) groups excluding carboxylic acids is 3. The van der Waals surface area contributed by atoms with E-state index in [4.69, 9.17) is 0 Å². The lowest BCUT2D eigenvalue weighted by atomic mass is 9.77. The predicted octanol–water partition coefficient (Wildman–Crippen LogP) is 1.67. The third kappa shape index (κ3) is 3.05. The van der Waals surface area contributed by atoms with Crippen molar-refractivity contribution in [3.8, 4) is 0 Å². The van der Waals surface area contributed by atoms with Crippen LogP contribution in [0.1, 0.15) is 45.4 Å². The monoisotopic (exact) mass is 258 g/mol. The van der Waals surface area contributed by atoms with Crippen molar-refractivity contribution in [3.05, 3.63) is 0 Å². The molecule has 1 saturated heterocycles. The van der Waals surface area contributed by atoms with E-state index in [1.54, 1.807) is 6.92 Å². The summed E-state index contributed by atoms with van der Waals surface area (Å²) in [6, 6.07) is -0.758. The third-order valence-corrected chi connectivity index (χ3v) is 3.41. The fraction of sp³-hybridized carbons (Fsp3) is 0.750. The molecule has 0 radical (unpaired) electrons. The number of alkyl halides is 1. The van der Waals surface area contributed by atoms with E-state index in [2.05, 4.69) is 10.6 Å². The highest BCUT2D eigenvalue weighted by atomic mass is 19.1. The van der Waals surface area contributed by atoms with Gasteiger partial charge in [-0.3, -0.25) is 24.6 Å². The van der Waals surface area contributed by atoms with E-state index in [9.17, 15) is 18.8 Å². The Kier molecular flexibility index (Phi) is 5.25. The van der Waals surface area contributed by atoms with Crippen LogP contribution in [0.5, 0.6) is 0 Å². The Labute approximate surface area is 105 Å². The van der Waals surface area contributed by atoms with E-state index < -0.39 is 23.3 Å². The van der Waals surface area contributed by atoms with Crippen LogP contribution in [0, 0.1) is 5.41 Å². The SMILES string of the molecule is CCC1(CCCCCCF)C(=O)NC(=O)NC1=O. The van der Waals surface area contributed by atoms with Crippen LogP contribution < -0.4 is 10.6 Å². The smallest absolute Gasteiger partial charge is 0.277 e. The number of nitrogens with one attached hydrogen (secondary N) is 2. The fourth-order valence-electron chi connectivity index (χ4n) is 2.18. The molecule has 102 valence electrons. The minimum atomic E-state index is -1.15. The number of barbiturate groups is 1. The van der Waals surface area contributed by atoms with E-state index in [-0.39, 0.29) is 6.67 Å². The van der Waals surface area contributed by atoms with Crippen molar-refractivity contribution in [1.82, 2.24) is 10.6 Å². The number of carbonyl (C=O) groups is 3. The first kappa shape index (κ1) is 14.6. The molecule has 0 atom stereocenters. The lowest BCUT2D eigenvalue weighted by molar-refractivity contribution is -0.145. The summed E-state index contributed by atoms with van der Waals surface area (Å²) < 4.78 is 11.9. The Morgan fingerprint density at radius 1 is 1.00 bits per heavy atom. The molecule has 1 aliphatic heterocycles. The van der Waals surface area contributed by atoms with Gasteiger partial charge in [0.25, 0.3) is 0 Å². The van der Waals surface area contributed by atoms with Gasteiger partial charge in [-0.05, 0) is 19.3 Å². The molecule has 1 heterocycles. The van der Waals surface area contributed by atoms with Gasteiger partial charge in [0.05, 0.1) is 6.67 Å². The Hall–Kier alpha value is -1.46. The van der Waals surface area contributed by atoms with Gasteiger partial charge < -0.3 is 0 Å². The summed E-state index contributed by atoms with van der Waals surface area (Å²) in [5.41, 5.74) is -1.15. The molecular weight excluding hydrogens is 239 g/mol. The number of hydrogen-bond acceptors (Lipinski definition) is 3. The number of halogens is 1. The molecule has 0 saturated carbocycles. The van der Waals surface area contributed by atoms with Gasteiger partial charge in [-0.2, -0.15) is 0 Å². The molecule has 5 nitrogen and oxygen atoms in total. The second-order valence-corrected chi connectivity index (χ2v) is 4.53. The van der Waals surface area contributed by atoms with Crippen LogP contribution in [0.3, 0.4) is 0 Å². The summed E-state index contributed by atoms with van der Waals surface area (Å²) in [7, 11) is 0. The lowest BCUT2D eigenvalue weighted by Crippen LogP contribution is -2.62. The van der Waals surface area contributed by atoms with Crippen LogP contribution in [0.4, 0.5) is 9.18 Å². The van der Waals surface area contributed by atoms with E-state index in [0.717, 1.165) is 12.8 Å². The first-order valence-electron chi connectivity index (χ1n) is 6.29. The van der Waals surface area contributed by atoms with Gasteiger partial charge in [-0.1, -0.05) is 26.2 Å². The molecule has 0 bridgehead atoms. The highest BCUT2D eigenvalue weighted by molar-refractivity contribution is 6.19. The second-order valence-electron chi connectivity index (χ2n) is 4.53. The van der Waals surface area contributed by atoms with Gasteiger partial charge in [0.2, 0.25) is 11.8 Å². The minimum Gasteiger partial charge on any atom is -0.277 e. The largest absolute Gasteiger partial charge is 0.328 e. The summed E-state index contributed by atoms with van der Waals surface area (Å²) in [5, 5.41) is 4.27. The van der Waals surface area contributed by atoms with E-state index in [1.807, 2.05) is 0 Å². The maximum absolute atomic E-state index is 11.9. The van der Waals surface area contributed by atoms with Gasteiger partial charge in [-0.15, -0.1) is 0 Å². The lowest BCUT2D eigenvalue weighted by Gasteiger charge is -2.32. The normalized spacial score (nSPS) is 18.4. The molecule has 0 aromatic rings. The number of imide groups is 2. The zero-order chi connectivity index (χ0) is 13.6. The van der Waals surface area contributed by atoms with Crippen molar-refractivity contribution in [3.63, 3.8) is 0 Å². The average molecular weight is 258 g/mol. The topological polar surface area (TPSA) is 75.3 Å². The van der Waals surface area contributed by atoms with Crippen molar-refractivity contribution in [1.29, 1.82) is 0 Å². The quantitative estimate of drug-likeness (QED) is 0.538. The Morgan fingerprint density at radius 2 is 1.56 bits per heavy atom. The van der Waals surface area contributed by atoms with Crippen molar-refractivity contribution in [2.24, 2.45) is 5.41 Å². The molecule has 1 fully saturated rings. The van der Waals surface area contributed by atoms with Gasteiger partial charge in [-0.25, -0.2) is 4.79 Å². The third-order valence-electron chi connectivity index (χ3n) is 3.41. The first-order chi connectivity index (χ1) is 8.56. The fourth-order valence-corrected chi connectivity index (χ4v) is 2.18. The maximum atomic E-state index is 11.9.